The summed E-state index contributed by atoms with van der Waals surface area (Å²) < 4.78 is 0. The molecule has 0 amide bonds. The van der Waals surface area contributed by atoms with Gasteiger partial charge in [-0.15, -0.1) is 0 Å². The first-order valence-electron chi connectivity index (χ1n) is 4.54. The maximum absolute atomic E-state index is 9.36. The fourth-order valence-electron chi connectivity index (χ4n) is 2.20. The van der Waals surface area contributed by atoms with E-state index in [0.29, 0.717) is 0 Å². The summed E-state index contributed by atoms with van der Waals surface area (Å²) in [6.07, 6.45) is 7.74. The van der Waals surface area contributed by atoms with E-state index in [1.165, 1.54) is 25.7 Å². The molecule has 10 heavy (non-hydrogen) atoms. The Morgan fingerprint density at radius 2 is 1.70 bits per heavy atom. The molecular weight excluding hydrogens is 124 g/mol. The molecule has 2 saturated carbocycles. The minimum absolute atomic E-state index is 0.0411. The van der Waals surface area contributed by atoms with Gasteiger partial charge in [-0.3, -0.25) is 0 Å². The molecule has 0 aromatic rings. The molecule has 0 heterocycles. The van der Waals surface area contributed by atoms with Gasteiger partial charge in [0, 0.05) is 0 Å². The van der Waals surface area contributed by atoms with Crippen molar-refractivity contribution in [1.29, 1.82) is 0 Å². The van der Waals surface area contributed by atoms with Crippen molar-refractivity contribution >= 4 is 0 Å². The molecule has 0 saturated heterocycles. The Hall–Kier alpha value is -0.0400. The highest BCUT2D eigenvalue weighted by Gasteiger charge is 2.33. The Morgan fingerprint density at radius 1 is 0.900 bits per heavy atom. The maximum Gasteiger partial charge on any atom is 0.0543 e. The van der Waals surface area contributed by atoms with Crippen LogP contribution in [0.4, 0.5) is 0 Å². The van der Waals surface area contributed by atoms with E-state index < -0.39 is 0 Å². The summed E-state index contributed by atoms with van der Waals surface area (Å²) in [5.41, 5.74) is 0. The molecular formula is C9H16O. The number of aliphatic hydroxyl groups excluding tert-OH is 1. The van der Waals surface area contributed by atoms with Crippen LogP contribution in [0.2, 0.25) is 0 Å². The predicted octanol–water partition coefficient (Wildman–Crippen LogP) is 1.95. The maximum atomic E-state index is 9.36. The van der Waals surface area contributed by atoms with E-state index in [2.05, 4.69) is 0 Å². The zero-order valence-corrected chi connectivity index (χ0v) is 6.42. The summed E-state index contributed by atoms with van der Waals surface area (Å²) >= 11 is 0. The molecule has 1 nitrogen and oxygen atoms in total. The summed E-state index contributed by atoms with van der Waals surface area (Å²) in [6, 6.07) is 0. The molecule has 0 bridgehead atoms. The molecule has 2 unspecified atom stereocenters. The standard InChI is InChI=1S/C9H16O/c10-9-3-1-2-8(6-9)7-4-5-7/h7-10H,1-6H2. The monoisotopic (exact) mass is 140 g/mol. The van der Waals surface area contributed by atoms with Crippen molar-refractivity contribution in [2.45, 2.75) is 44.6 Å². The summed E-state index contributed by atoms with van der Waals surface area (Å²) in [5.74, 6) is 1.90. The molecule has 0 radical (unpaired) electrons. The Balaban J connectivity index is 1.84. The Bertz CT molecular complexity index is 118. The summed E-state index contributed by atoms with van der Waals surface area (Å²) in [4.78, 5) is 0. The molecule has 2 aliphatic carbocycles. The van der Waals surface area contributed by atoms with E-state index in [1.54, 1.807) is 0 Å². The Labute approximate surface area is 62.4 Å². The highest BCUT2D eigenvalue weighted by atomic mass is 16.3. The number of hydrogen-bond donors (Lipinski definition) is 1. The number of rotatable bonds is 1. The Morgan fingerprint density at radius 3 is 2.30 bits per heavy atom. The van der Waals surface area contributed by atoms with Gasteiger partial charge in [0.15, 0.2) is 0 Å². The quantitative estimate of drug-likeness (QED) is 0.590. The number of aliphatic hydroxyl groups is 1. The van der Waals surface area contributed by atoms with Gasteiger partial charge in [0.1, 0.15) is 0 Å². The molecule has 2 rings (SSSR count). The molecule has 58 valence electrons. The molecule has 2 fully saturated rings. The average Bonchev–Trinajstić information content (AvgIpc) is 2.68. The second-order valence-electron chi connectivity index (χ2n) is 3.92. The van der Waals surface area contributed by atoms with Crippen LogP contribution in [0.1, 0.15) is 38.5 Å². The van der Waals surface area contributed by atoms with Crippen molar-refractivity contribution < 1.29 is 5.11 Å². The van der Waals surface area contributed by atoms with E-state index in [1.807, 2.05) is 0 Å². The molecule has 0 aromatic carbocycles. The zero-order valence-electron chi connectivity index (χ0n) is 6.42. The van der Waals surface area contributed by atoms with Gasteiger partial charge >= 0.3 is 0 Å². The first-order chi connectivity index (χ1) is 4.86. The van der Waals surface area contributed by atoms with E-state index in [4.69, 9.17) is 0 Å². The smallest absolute Gasteiger partial charge is 0.0543 e. The lowest BCUT2D eigenvalue weighted by Gasteiger charge is -2.25. The molecule has 0 aromatic heterocycles. The van der Waals surface area contributed by atoms with Gasteiger partial charge in [-0.25, -0.2) is 0 Å². The van der Waals surface area contributed by atoms with Gasteiger partial charge in [0.25, 0.3) is 0 Å². The van der Waals surface area contributed by atoms with Crippen LogP contribution in [-0.2, 0) is 0 Å². The van der Waals surface area contributed by atoms with Crippen molar-refractivity contribution in [3.8, 4) is 0 Å². The molecule has 1 N–H and O–H groups in total. The van der Waals surface area contributed by atoms with E-state index in [9.17, 15) is 5.11 Å². The van der Waals surface area contributed by atoms with Crippen LogP contribution in [-0.4, -0.2) is 11.2 Å². The zero-order chi connectivity index (χ0) is 6.97. The van der Waals surface area contributed by atoms with E-state index in [0.717, 1.165) is 24.7 Å². The highest BCUT2D eigenvalue weighted by molar-refractivity contribution is 4.85. The van der Waals surface area contributed by atoms with Crippen LogP contribution in [0.15, 0.2) is 0 Å². The van der Waals surface area contributed by atoms with E-state index in [-0.39, 0.29) is 6.10 Å². The third-order valence-corrected chi connectivity index (χ3v) is 2.98. The molecule has 0 aliphatic heterocycles. The Kier molecular flexibility index (Phi) is 1.69. The largest absolute Gasteiger partial charge is 0.393 e. The predicted molar refractivity (Wildman–Crippen MR) is 40.7 cm³/mol. The minimum atomic E-state index is 0.0411. The SMILES string of the molecule is OC1CCCC(C2CC2)C1. The average molecular weight is 140 g/mol. The topological polar surface area (TPSA) is 20.2 Å². The van der Waals surface area contributed by atoms with Crippen LogP contribution < -0.4 is 0 Å². The summed E-state index contributed by atoms with van der Waals surface area (Å²) in [7, 11) is 0. The molecule has 0 spiro atoms. The first-order valence-corrected chi connectivity index (χ1v) is 4.54. The van der Waals surface area contributed by atoms with E-state index >= 15 is 0 Å². The molecule has 2 atom stereocenters. The second-order valence-corrected chi connectivity index (χ2v) is 3.92. The highest BCUT2D eigenvalue weighted by Crippen LogP contribution is 2.43. The fraction of sp³-hybridized carbons (Fsp3) is 1.00. The van der Waals surface area contributed by atoms with Crippen molar-refractivity contribution in [3.63, 3.8) is 0 Å². The number of hydrogen-bond acceptors (Lipinski definition) is 1. The molecule has 2 aliphatic rings. The van der Waals surface area contributed by atoms with Crippen LogP contribution in [0.5, 0.6) is 0 Å². The van der Waals surface area contributed by atoms with Gasteiger partial charge in [-0.05, 0) is 43.9 Å². The van der Waals surface area contributed by atoms with Gasteiger partial charge in [-0.1, -0.05) is 6.42 Å². The van der Waals surface area contributed by atoms with Crippen molar-refractivity contribution in [1.82, 2.24) is 0 Å². The lowest BCUT2D eigenvalue weighted by Crippen LogP contribution is -2.20. The van der Waals surface area contributed by atoms with Crippen molar-refractivity contribution in [2.75, 3.05) is 0 Å². The normalized spacial score (nSPS) is 41.7. The fourth-order valence-corrected chi connectivity index (χ4v) is 2.20. The summed E-state index contributed by atoms with van der Waals surface area (Å²) in [5, 5.41) is 9.36. The van der Waals surface area contributed by atoms with Crippen molar-refractivity contribution in [3.05, 3.63) is 0 Å². The summed E-state index contributed by atoms with van der Waals surface area (Å²) in [6.45, 7) is 0. The van der Waals surface area contributed by atoms with Gasteiger partial charge < -0.3 is 5.11 Å². The van der Waals surface area contributed by atoms with Gasteiger partial charge in [0.05, 0.1) is 6.10 Å². The lowest BCUT2D eigenvalue weighted by molar-refractivity contribution is 0.0942. The van der Waals surface area contributed by atoms with Crippen LogP contribution in [0, 0.1) is 11.8 Å². The van der Waals surface area contributed by atoms with Crippen LogP contribution >= 0.6 is 0 Å². The third-order valence-electron chi connectivity index (χ3n) is 2.98. The van der Waals surface area contributed by atoms with Crippen molar-refractivity contribution in [2.24, 2.45) is 11.8 Å². The van der Waals surface area contributed by atoms with Crippen LogP contribution in [0.25, 0.3) is 0 Å². The molecule has 1 heteroatoms. The lowest BCUT2D eigenvalue weighted by atomic mass is 9.84. The van der Waals surface area contributed by atoms with Crippen LogP contribution in [0.3, 0.4) is 0 Å². The van der Waals surface area contributed by atoms with Gasteiger partial charge in [0.2, 0.25) is 0 Å². The first kappa shape index (κ1) is 6.66. The minimum Gasteiger partial charge on any atom is -0.393 e. The van der Waals surface area contributed by atoms with Gasteiger partial charge in [-0.2, -0.15) is 0 Å². The third kappa shape index (κ3) is 1.34. The second kappa shape index (κ2) is 2.54.